The molecule has 27 heavy (non-hydrogen) atoms. The Hall–Kier alpha value is -2.00. The molecule has 0 unspecified atom stereocenters. The summed E-state index contributed by atoms with van der Waals surface area (Å²) in [5.41, 5.74) is 6.41. The number of nitrogens with one attached hydrogen (secondary N) is 1. The topological polar surface area (TPSA) is 84.7 Å². The largest absolute Gasteiger partial charge is 0.573 e. The first kappa shape index (κ1) is 23.0. The Balaban J connectivity index is 0.00000364. The minimum atomic E-state index is -4.77. The fraction of sp³-hybridized carbons (Fsp3) is 0.529. The van der Waals surface area contributed by atoms with Gasteiger partial charge in [-0.3, -0.25) is 9.59 Å². The van der Waals surface area contributed by atoms with E-state index < -0.39 is 12.3 Å². The number of amides is 2. The lowest BCUT2D eigenvalue weighted by Crippen LogP contribution is -2.42. The van der Waals surface area contributed by atoms with Crippen LogP contribution in [0.4, 0.5) is 13.2 Å². The number of alkyl halides is 3. The van der Waals surface area contributed by atoms with Crippen molar-refractivity contribution >= 4 is 24.2 Å². The van der Waals surface area contributed by atoms with Crippen molar-refractivity contribution in [1.82, 2.24) is 10.2 Å². The zero-order chi connectivity index (χ0) is 19.3. The third-order valence-corrected chi connectivity index (χ3v) is 4.20. The highest BCUT2D eigenvalue weighted by Gasteiger charge is 2.31. The lowest BCUT2D eigenvalue weighted by atomic mass is 10.0. The van der Waals surface area contributed by atoms with E-state index in [2.05, 4.69) is 10.1 Å². The Morgan fingerprint density at radius 2 is 2.00 bits per heavy atom. The number of hydrogen-bond donors (Lipinski definition) is 2. The van der Waals surface area contributed by atoms with Gasteiger partial charge in [-0.05, 0) is 30.5 Å². The molecule has 1 fully saturated rings. The highest BCUT2D eigenvalue weighted by Crippen LogP contribution is 2.23. The predicted molar refractivity (Wildman–Crippen MR) is 95.2 cm³/mol. The number of carbonyl (C=O) groups is 2. The van der Waals surface area contributed by atoms with Gasteiger partial charge in [0, 0.05) is 32.6 Å². The van der Waals surface area contributed by atoms with Gasteiger partial charge < -0.3 is 20.7 Å². The second-order valence-electron chi connectivity index (χ2n) is 6.37. The molecule has 0 bridgehead atoms. The average molecular weight is 410 g/mol. The van der Waals surface area contributed by atoms with E-state index in [-0.39, 0.29) is 49.1 Å². The summed E-state index contributed by atoms with van der Waals surface area (Å²) in [7, 11) is 0. The first-order chi connectivity index (χ1) is 12.1. The van der Waals surface area contributed by atoms with E-state index in [1.807, 2.05) is 0 Å². The Kier molecular flexibility index (Phi) is 8.36. The molecule has 1 aliphatic heterocycles. The van der Waals surface area contributed by atoms with Crippen LogP contribution in [-0.4, -0.2) is 42.2 Å². The molecule has 3 N–H and O–H groups in total. The fourth-order valence-electron chi connectivity index (χ4n) is 2.88. The average Bonchev–Trinajstić information content (AvgIpc) is 2.73. The van der Waals surface area contributed by atoms with Crippen LogP contribution in [0.15, 0.2) is 24.3 Å². The Morgan fingerprint density at radius 1 is 1.30 bits per heavy atom. The molecule has 1 aromatic carbocycles. The van der Waals surface area contributed by atoms with Gasteiger partial charge in [-0.2, -0.15) is 0 Å². The fourth-order valence-corrected chi connectivity index (χ4v) is 2.88. The molecule has 0 saturated carbocycles. The number of benzene rings is 1. The lowest BCUT2D eigenvalue weighted by Gasteiger charge is -2.23. The van der Waals surface area contributed by atoms with Crippen molar-refractivity contribution in [2.24, 2.45) is 11.7 Å². The zero-order valence-corrected chi connectivity index (χ0v) is 15.6. The van der Waals surface area contributed by atoms with Gasteiger partial charge in [0.25, 0.3) is 0 Å². The molecule has 0 aromatic heterocycles. The molecule has 6 nitrogen and oxygen atoms in total. The van der Waals surface area contributed by atoms with Gasteiger partial charge in [-0.15, -0.1) is 25.6 Å². The second-order valence-corrected chi connectivity index (χ2v) is 6.37. The van der Waals surface area contributed by atoms with Crippen LogP contribution < -0.4 is 15.8 Å². The van der Waals surface area contributed by atoms with Gasteiger partial charge in [0.2, 0.25) is 11.8 Å². The number of ether oxygens (including phenoxy) is 1. The zero-order valence-electron chi connectivity index (χ0n) is 14.8. The van der Waals surface area contributed by atoms with Crippen molar-refractivity contribution in [1.29, 1.82) is 0 Å². The minimum Gasteiger partial charge on any atom is -0.406 e. The van der Waals surface area contributed by atoms with E-state index in [0.29, 0.717) is 24.9 Å². The molecule has 1 heterocycles. The normalized spacial score (nSPS) is 20.3. The summed E-state index contributed by atoms with van der Waals surface area (Å²) in [4.78, 5) is 25.6. The molecule has 2 amide bonds. The monoisotopic (exact) mass is 409 g/mol. The SMILES string of the molecule is CC(=O)N1C[C@@H](N)CC[C@@H](C(=O)NCc2cccc(OC(F)(F)F)c2)C1.Cl. The Labute approximate surface area is 161 Å². The second kappa shape index (κ2) is 9.80. The summed E-state index contributed by atoms with van der Waals surface area (Å²) < 4.78 is 40.7. The molecular formula is C17H23ClF3N3O3. The molecule has 1 aliphatic rings. The Bertz CT molecular complexity index is 658. The summed E-state index contributed by atoms with van der Waals surface area (Å²) in [6.07, 6.45) is -3.60. The third-order valence-electron chi connectivity index (χ3n) is 4.20. The van der Waals surface area contributed by atoms with Crippen molar-refractivity contribution in [3.63, 3.8) is 0 Å². The van der Waals surface area contributed by atoms with E-state index >= 15 is 0 Å². The number of nitrogens with two attached hydrogens (primary N) is 1. The summed E-state index contributed by atoms with van der Waals surface area (Å²) in [6, 6.07) is 5.25. The van der Waals surface area contributed by atoms with Crippen LogP contribution in [0.3, 0.4) is 0 Å². The van der Waals surface area contributed by atoms with Crippen LogP contribution in [0.25, 0.3) is 0 Å². The molecule has 2 atom stereocenters. The van der Waals surface area contributed by atoms with Crippen LogP contribution in [0.5, 0.6) is 5.75 Å². The summed E-state index contributed by atoms with van der Waals surface area (Å²) >= 11 is 0. The van der Waals surface area contributed by atoms with Crippen LogP contribution in [0.2, 0.25) is 0 Å². The molecule has 1 saturated heterocycles. The van der Waals surface area contributed by atoms with E-state index in [4.69, 9.17) is 5.73 Å². The number of likely N-dealkylation sites (tertiary alicyclic amines) is 1. The number of rotatable bonds is 4. The van der Waals surface area contributed by atoms with Gasteiger partial charge >= 0.3 is 6.36 Å². The molecular weight excluding hydrogens is 387 g/mol. The number of hydrogen-bond acceptors (Lipinski definition) is 4. The van der Waals surface area contributed by atoms with Crippen LogP contribution in [0.1, 0.15) is 25.3 Å². The van der Waals surface area contributed by atoms with Crippen LogP contribution >= 0.6 is 12.4 Å². The molecule has 10 heteroatoms. The molecule has 0 radical (unpaired) electrons. The van der Waals surface area contributed by atoms with Gasteiger partial charge in [0.15, 0.2) is 0 Å². The van der Waals surface area contributed by atoms with Crippen molar-refractivity contribution in [2.75, 3.05) is 13.1 Å². The summed E-state index contributed by atoms with van der Waals surface area (Å²) in [5.74, 6) is -1.14. The van der Waals surface area contributed by atoms with Crippen molar-refractivity contribution in [3.05, 3.63) is 29.8 Å². The number of nitrogens with zero attached hydrogens (tertiary/aromatic N) is 1. The standard InChI is InChI=1S/C17H22F3N3O3.ClH/c1-11(24)23-9-13(5-6-14(21)10-23)16(25)22-8-12-3-2-4-15(7-12)26-17(18,19)20;/h2-4,7,13-14H,5-6,8-10,21H2,1H3,(H,22,25);1H/t13-,14+;/m1./s1. The van der Waals surface area contributed by atoms with E-state index in [1.54, 1.807) is 11.0 Å². The van der Waals surface area contributed by atoms with Crippen LogP contribution in [0, 0.1) is 5.92 Å². The van der Waals surface area contributed by atoms with Gasteiger partial charge in [0.05, 0.1) is 5.92 Å². The molecule has 2 rings (SSSR count). The van der Waals surface area contributed by atoms with E-state index in [0.717, 1.165) is 0 Å². The molecule has 1 aromatic rings. The highest BCUT2D eigenvalue weighted by molar-refractivity contribution is 5.85. The van der Waals surface area contributed by atoms with Gasteiger partial charge in [0.1, 0.15) is 5.75 Å². The number of carbonyl (C=O) groups excluding carboxylic acids is 2. The van der Waals surface area contributed by atoms with E-state index in [9.17, 15) is 22.8 Å². The smallest absolute Gasteiger partial charge is 0.406 e. The first-order valence-corrected chi connectivity index (χ1v) is 8.27. The lowest BCUT2D eigenvalue weighted by molar-refractivity contribution is -0.274. The maximum Gasteiger partial charge on any atom is 0.573 e. The van der Waals surface area contributed by atoms with Gasteiger partial charge in [-0.1, -0.05) is 12.1 Å². The quantitative estimate of drug-likeness (QED) is 0.798. The summed E-state index contributed by atoms with van der Waals surface area (Å²) in [6.45, 7) is 2.19. The number of halogens is 4. The first-order valence-electron chi connectivity index (χ1n) is 8.27. The van der Waals surface area contributed by atoms with Crippen molar-refractivity contribution < 1.29 is 27.5 Å². The maximum absolute atomic E-state index is 12.4. The summed E-state index contributed by atoms with van der Waals surface area (Å²) in [5, 5.41) is 2.71. The molecule has 0 aliphatic carbocycles. The van der Waals surface area contributed by atoms with Crippen molar-refractivity contribution in [3.8, 4) is 5.75 Å². The molecule has 152 valence electrons. The minimum absolute atomic E-state index is 0. The maximum atomic E-state index is 12.4. The highest BCUT2D eigenvalue weighted by atomic mass is 35.5. The van der Waals surface area contributed by atoms with Gasteiger partial charge in [-0.25, -0.2) is 0 Å². The molecule has 0 spiro atoms. The van der Waals surface area contributed by atoms with Crippen molar-refractivity contribution in [2.45, 2.75) is 38.7 Å². The predicted octanol–water partition coefficient (Wildman–Crippen LogP) is 2.21. The van der Waals surface area contributed by atoms with Crippen LogP contribution in [-0.2, 0) is 16.1 Å². The Morgan fingerprint density at radius 3 is 2.63 bits per heavy atom. The van der Waals surface area contributed by atoms with E-state index in [1.165, 1.54) is 25.1 Å². The third kappa shape index (κ3) is 7.64.